The maximum Gasteiger partial charge on any atom is 0.312 e. The van der Waals surface area contributed by atoms with Gasteiger partial charge in [-0.05, 0) is 158 Å². The third-order valence-electron chi connectivity index (χ3n) is 15.3. The van der Waals surface area contributed by atoms with E-state index in [2.05, 4.69) is 6.92 Å². The molecule has 6 aliphatic rings. The Morgan fingerprint density at radius 2 is 1.43 bits per heavy atom. The largest absolute Gasteiger partial charge is 0.481 e. The third kappa shape index (κ3) is 7.65. The van der Waals surface area contributed by atoms with Crippen LogP contribution >= 0.6 is 0 Å². The van der Waals surface area contributed by atoms with Crippen LogP contribution in [0.25, 0.3) is 0 Å². The Kier molecular flexibility index (Phi) is 11.1. The summed E-state index contributed by atoms with van der Waals surface area (Å²) >= 11 is 0. The molecule has 56 heavy (non-hydrogen) atoms. The second-order valence-corrected chi connectivity index (χ2v) is 21.9. The molecule has 0 aromatic heterocycles. The fourth-order valence-electron chi connectivity index (χ4n) is 13.0. The lowest BCUT2D eigenvalue weighted by atomic mass is 9.61. The Bertz CT molecular complexity index is 1580. The van der Waals surface area contributed by atoms with Crippen molar-refractivity contribution < 1.29 is 52.8 Å². The van der Waals surface area contributed by atoms with Gasteiger partial charge in [0, 0.05) is 17.8 Å². The van der Waals surface area contributed by atoms with Gasteiger partial charge in [0.25, 0.3) is 0 Å². The highest BCUT2D eigenvalue weighted by Crippen LogP contribution is 2.64. The molecule has 4 bridgehead atoms. The standard InChI is InChI=1S/C45H70O11/c1-13-42(9,36(47)48)22-44(11,38(50)55-40(4,5)6)23-43(10,39(51)56-45(12)19-25-17-31(45)27-16-14-15-26(25)27)21-41(7,8)37(49)54-34-29-18-28(33(34)53-24(2)3)30-20-52-35(46)32(29)30/h24-34H,13-23H2,1-12H3,(H,47,48). The summed E-state index contributed by atoms with van der Waals surface area (Å²) in [6, 6.07) is 0. The molecule has 6 rings (SSSR count). The van der Waals surface area contributed by atoms with Crippen LogP contribution in [0, 0.1) is 69.0 Å². The molecule has 6 fully saturated rings. The van der Waals surface area contributed by atoms with Gasteiger partial charge in [-0.1, -0.05) is 13.3 Å². The first kappa shape index (κ1) is 42.9. The van der Waals surface area contributed by atoms with Crippen molar-refractivity contribution in [3.63, 3.8) is 0 Å². The lowest BCUT2D eigenvalue weighted by molar-refractivity contribution is -0.191. The number of hydrogen-bond acceptors (Lipinski definition) is 10. The summed E-state index contributed by atoms with van der Waals surface area (Å²) in [4.78, 5) is 69.7. The summed E-state index contributed by atoms with van der Waals surface area (Å²) in [6.45, 7) is 21.9. The van der Waals surface area contributed by atoms with Crippen LogP contribution in [0.1, 0.15) is 147 Å². The molecular weight excluding hydrogens is 716 g/mol. The molecule has 1 heterocycles. The maximum atomic E-state index is 15.1. The van der Waals surface area contributed by atoms with Crippen molar-refractivity contribution in [1.29, 1.82) is 0 Å². The van der Waals surface area contributed by atoms with Crippen LogP contribution in [0.5, 0.6) is 0 Å². The predicted octanol–water partition coefficient (Wildman–Crippen LogP) is 7.94. The maximum absolute atomic E-state index is 15.1. The Balaban J connectivity index is 1.33. The van der Waals surface area contributed by atoms with E-state index in [0.717, 1.165) is 19.3 Å². The van der Waals surface area contributed by atoms with E-state index < -0.39 is 62.8 Å². The van der Waals surface area contributed by atoms with Gasteiger partial charge < -0.3 is 28.8 Å². The Morgan fingerprint density at radius 1 is 0.804 bits per heavy atom. The molecule has 1 saturated heterocycles. The van der Waals surface area contributed by atoms with E-state index in [1.54, 1.807) is 62.3 Å². The minimum absolute atomic E-state index is 0.0265. The summed E-state index contributed by atoms with van der Waals surface area (Å²) < 4.78 is 31.0. The molecule has 0 amide bonds. The van der Waals surface area contributed by atoms with Crippen molar-refractivity contribution in [2.24, 2.45) is 69.0 Å². The molecule has 14 atom stereocenters. The predicted molar refractivity (Wildman–Crippen MR) is 207 cm³/mol. The second-order valence-electron chi connectivity index (χ2n) is 21.9. The lowest BCUT2D eigenvalue weighted by Gasteiger charge is -2.46. The van der Waals surface area contributed by atoms with Crippen LogP contribution in [0.2, 0.25) is 0 Å². The van der Waals surface area contributed by atoms with E-state index in [1.165, 1.54) is 12.8 Å². The molecule has 0 radical (unpaired) electrons. The molecule has 0 spiro atoms. The molecule has 0 aromatic rings. The first-order valence-corrected chi connectivity index (χ1v) is 21.5. The van der Waals surface area contributed by atoms with Crippen LogP contribution in [0.15, 0.2) is 0 Å². The molecule has 1 aliphatic heterocycles. The summed E-state index contributed by atoms with van der Waals surface area (Å²) in [5, 5.41) is 10.4. The van der Waals surface area contributed by atoms with Gasteiger partial charge in [0.15, 0.2) is 0 Å². The topological polar surface area (TPSA) is 152 Å². The summed E-state index contributed by atoms with van der Waals surface area (Å²) in [7, 11) is 0. The minimum atomic E-state index is -1.45. The average Bonchev–Trinajstić information content (AvgIpc) is 3.90. The van der Waals surface area contributed by atoms with Crippen molar-refractivity contribution in [3.8, 4) is 0 Å². The number of fused-ring (bicyclic) bond motifs is 10. The van der Waals surface area contributed by atoms with Crippen LogP contribution in [0.3, 0.4) is 0 Å². The number of rotatable bonds is 15. The zero-order valence-electron chi connectivity index (χ0n) is 36.2. The second kappa shape index (κ2) is 14.5. The molecule has 5 saturated carbocycles. The van der Waals surface area contributed by atoms with Crippen molar-refractivity contribution in [1.82, 2.24) is 0 Å². The SMILES string of the molecule is CCC(C)(CC(C)(CC(C)(CC(C)(C)C(=O)OC1C2CC(C3COC(=O)C32)C1OC(C)C)C(=O)OC1(C)CC2CC1C1CCCC21)C(=O)OC(C)(C)C)C(=O)O. The van der Waals surface area contributed by atoms with Crippen LogP contribution in [-0.2, 0) is 47.7 Å². The van der Waals surface area contributed by atoms with Crippen LogP contribution in [-0.4, -0.2) is 71.1 Å². The third-order valence-corrected chi connectivity index (χ3v) is 15.3. The highest BCUT2D eigenvalue weighted by atomic mass is 16.6. The number of hydrogen-bond donors (Lipinski definition) is 1. The molecule has 5 aliphatic carbocycles. The highest BCUT2D eigenvalue weighted by Gasteiger charge is 2.66. The Hall–Kier alpha value is -2.69. The first-order chi connectivity index (χ1) is 25.8. The zero-order chi connectivity index (χ0) is 41.6. The van der Waals surface area contributed by atoms with E-state index in [-0.39, 0.29) is 73.5 Å². The van der Waals surface area contributed by atoms with Crippen molar-refractivity contribution in [3.05, 3.63) is 0 Å². The first-order valence-electron chi connectivity index (χ1n) is 21.5. The highest BCUT2D eigenvalue weighted by molar-refractivity contribution is 5.84. The van der Waals surface area contributed by atoms with Gasteiger partial charge in [0.05, 0.1) is 46.4 Å². The summed E-state index contributed by atoms with van der Waals surface area (Å²) in [5.41, 5.74) is -7.02. The number of esters is 4. The minimum Gasteiger partial charge on any atom is -0.481 e. The van der Waals surface area contributed by atoms with Crippen molar-refractivity contribution >= 4 is 29.8 Å². The fraction of sp³-hybridized carbons (Fsp3) is 0.889. The monoisotopic (exact) mass is 786 g/mol. The molecular formula is C45H70O11. The van der Waals surface area contributed by atoms with Crippen LogP contribution < -0.4 is 0 Å². The number of aliphatic carboxylic acids is 1. The van der Waals surface area contributed by atoms with E-state index in [9.17, 15) is 24.3 Å². The van der Waals surface area contributed by atoms with E-state index >= 15 is 4.79 Å². The molecule has 0 aromatic carbocycles. The van der Waals surface area contributed by atoms with Crippen molar-refractivity contribution in [2.45, 2.75) is 177 Å². The van der Waals surface area contributed by atoms with E-state index in [0.29, 0.717) is 30.8 Å². The van der Waals surface area contributed by atoms with E-state index in [1.807, 2.05) is 13.8 Å². The quantitative estimate of drug-likeness (QED) is 0.127. The zero-order valence-corrected chi connectivity index (χ0v) is 36.2. The normalized spacial score (nSPS) is 37.6. The van der Waals surface area contributed by atoms with Crippen LogP contribution in [0.4, 0.5) is 0 Å². The molecule has 11 heteroatoms. The summed E-state index contributed by atoms with van der Waals surface area (Å²) in [5.74, 6) is -1.45. The molecule has 14 unspecified atom stereocenters. The summed E-state index contributed by atoms with van der Waals surface area (Å²) in [6.07, 6.45) is 4.96. The van der Waals surface area contributed by atoms with Gasteiger partial charge in [0.2, 0.25) is 0 Å². The number of carbonyl (C=O) groups excluding carboxylic acids is 4. The van der Waals surface area contributed by atoms with Gasteiger partial charge in [-0.2, -0.15) is 0 Å². The smallest absolute Gasteiger partial charge is 0.312 e. The number of cyclic esters (lactones) is 1. The van der Waals surface area contributed by atoms with E-state index in [4.69, 9.17) is 23.7 Å². The average molecular weight is 787 g/mol. The Morgan fingerprint density at radius 3 is 2.04 bits per heavy atom. The molecule has 11 nitrogen and oxygen atoms in total. The number of carbonyl (C=O) groups is 5. The number of carboxylic acids is 1. The molecule has 316 valence electrons. The van der Waals surface area contributed by atoms with Gasteiger partial charge in [-0.3, -0.25) is 24.0 Å². The lowest BCUT2D eigenvalue weighted by Crippen LogP contribution is -2.51. The fourth-order valence-corrected chi connectivity index (χ4v) is 13.0. The van der Waals surface area contributed by atoms with Gasteiger partial charge in [0.1, 0.15) is 17.3 Å². The Labute approximate surface area is 334 Å². The van der Waals surface area contributed by atoms with Crippen molar-refractivity contribution in [2.75, 3.05) is 6.61 Å². The van der Waals surface area contributed by atoms with Gasteiger partial charge >= 0.3 is 29.8 Å². The van der Waals surface area contributed by atoms with Gasteiger partial charge in [-0.15, -0.1) is 0 Å². The number of carboxylic acid groups (broad SMARTS) is 1. The molecule has 1 N–H and O–H groups in total. The number of ether oxygens (including phenoxy) is 5. The van der Waals surface area contributed by atoms with Gasteiger partial charge in [-0.25, -0.2) is 0 Å².